The predicted molar refractivity (Wildman–Crippen MR) is 190 cm³/mol. The van der Waals surface area contributed by atoms with Crippen LogP contribution in [-0.2, 0) is 0 Å². The summed E-state index contributed by atoms with van der Waals surface area (Å²) in [5.74, 6) is 2.27. The zero-order valence-electron chi connectivity index (χ0n) is 25.0. The Morgan fingerprint density at radius 3 is 2.09 bits per heavy atom. The number of furan rings is 1. The van der Waals surface area contributed by atoms with Crippen molar-refractivity contribution in [2.45, 2.75) is 12.3 Å². The second-order valence-electron chi connectivity index (χ2n) is 12.4. The summed E-state index contributed by atoms with van der Waals surface area (Å²) >= 11 is 0. The van der Waals surface area contributed by atoms with Crippen LogP contribution in [0.3, 0.4) is 0 Å². The zero-order valence-corrected chi connectivity index (χ0v) is 25.0. The predicted octanol–water partition coefficient (Wildman–Crippen LogP) is 12.1. The van der Waals surface area contributed by atoms with Crippen molar-refractivity contribution in [2.24, 2.45) is 0 Å². The molecule has 0 N–H and O–H groups in total. The largest absolute Gasteiger partial charge is 0.461 e. The minimum Gasteiger partial charge on any atom is -0.461 e. The molecule has 0 saturated heterocycles. The van der Waals surface area contributed by atoms with Crippen molar-refractivity contribution in [1.29, 1.82) is 0 Å². The summed E-state index contributed by atoms with van der Waals surface area (Å²) < 4.78 is 12.4. The molecule has 0 bridgehead atoms. The number of hydrogen-bond acceptors (Lipinski definition) is 2. The molecule has 8 aromatic rings. The Morgan fingerprint density at radius 1 is 0.478 bits per heavy atom. The lowest BCUT2D eigenvalue weighted by Gasteiger charge is -2.21. The molecule has 7 aromatic carbocycles. The fourth-order valence-electron chi connectivity index (χ4n) is 7.75. The fourth-order valence-corrected chi connectivity index (χ4v) is 7.75. The van der Waals surface area contributed by atoms with E-state index in [1.165, 1.54) is 60.5 Å². The SMILES string of the molecule is C1=C(c2cccc3c(-c4ccccc4)c4cccc(-c5ccc6oc7ccccc7c6c5)c4cc23)CC2C(=C1)Oc1ccccc12. The first-order valence-electron chi connectivity index (χ1n) is 15.9. The molecule has 1 unspecified atom stereocenters. The summed E-state index contributed by atoms with van der Waals surface area (Å²) in [5.41, 5.74) is 10.6. The lowest BCUT2D eigenvalue weighted by Crippen LogP contribution is -2.05. The van der Waals surface area contributed by atoms with Gasteiger partial charge in [-0.05, 0) is 97.8 Å². The molecular formula is C44H28O2. The molecule has 2 heteroatoms. The van der Waals surface area contributed by atoms with Gasteiger partial charge in [-0.15, -0.1) is 0 Å². The molecule has 2 heterocycles. The lowest BCUT2D eigenvalue weighted by molar-refractivity contribution is 0.426. The number of ether oxygens (including phenoxy) is 1. The van der Waals surface area contributed by atoms with Crippen molar-refractivity contribution in [2.75, 3.05) is 0 Å². The molecule has 0 fully saturated rings. The summed E-state index contributed by atoms with van der Waals surface area (Å²) in [7, 11) is 0. The molecule has 0 radical (unpaired) electrons. The summed E-state index contributed by atoms with van der Waals surface area (Å²) in [6, 6.07) is 50.2. The molecule has 1 aliphatic heterocycles. The van der Waals surface area contributed by atoms with Crippen LogP contribution < -0.4 is 4.74 Å². The maximum Gasteiger partial charge on any atom is 0.135 e. The molecule has 0 saturated carbocycles. The molecule has 0 amide bonds. The number of para-hydroxylation sites is 2. The summed E-state index contributed by atoms with van der Waals surface area (Å²) in [5, 5.41) is 7.32. The molecule has 216 valence electrons. The number of allylic oxidation sites excluding steroid dienone is 4. The van der Waals surface area contributed by atoms with Gasteiger partial charge in [0, 0.05) is 22.3 Å². The first-order valence-corrected chi connectivity index (χ1v) is 15.9. The van der Waals surface area contributed by atoms with E-state index >= 15 is 0 Å². The molecule has 1 aromatic heterocycles. The molecule has 2 aliphatic rings. The maximum absolute atomic E-state index is 6.24. The van der Waals surface area contributed by atoms with Crippen molar-refractivity contribution in [3.05, 3.63) is 169 Å². The fraction of sp³-hybridized carbons (Fsp3) is 0.0455. The van der Waals surface area contributed by atoms with Gasteiger partial charge in [0.05, 0.1) is 0 Å². The standard InChI is InChI=1S/C44H28O2/c1-2-10-27(11-3-1)44-34-16-8-14-30(28-20-22-42-38(24-28)32-12-4-6-18-40(32)45-42)36(34)26-37-31(15-9-17-35(37)44)29-21-23-43-39(25-29)33-13-5-7-19-41(33)46-43/h1-24,26,39H,25H2. The van der Waals surface area contributed by atoms with Crippen LogP contribution in [0.15, 0.2) is 162 Å². The lowest BCUT2D eigenvalue weighted by atomic mass is 9.82. The molecule has 10 rings (SSSR count). The molecule has 1 aliphatic carbocycles. The highest BCUT2D eigenvalue weighted by Gasteiger charge is 2.32. The first-order chi connectivity index (χ1) is 22.8. The average Bonchev–Trinajstić information content (AvgIpc) is 3.68. The minimum absolute atomic E-state index is 0.243. The monoisotopic (exact) mass is 588 g/mol. The summed E-state index contributed by atoms with van der Waals surface area (Å²) in [6.07, 6.45) is 5.35. The van der Waals surface area contributed by atoms with E-state index in [0.29, 0.717) is 0 Å². The highest BCUT2D eigenvalue weighted by atomic mass is 16.5. The van der Waals surface area contributed by atoms with Gasteiger partial charge < -0.3 is 9.15 Å². The smallest absolute Gasteiger partial charge is 0.135 e. The zero-order chi connectivity index (χ0) is 30.2. The van der Waals surface area contributed by atoms with E-state index < -0.39 is 0 Å². The van der Waals surface area contributed by atoms with Crippen LogP contribution in [-0.4, -0.2) is 0 Å². The highest BCUT2D eigenvalue weighted by Crippen LogP contribution is 2.49. The number of fused-ring (bicyclic) bond motifs is 8. The number of rotatable bonds is 3. The summed E-state index contributed by atoms with van der Waals surface area (Å²) in [6.45, 7) is 0. The van der Waals surface area contributed by atoms with Gasteiger partial charge in [-0.2, -0.15) is 0 Å². The molecule has 2 nitrogen and oxygen atoms in total. The van der Waals surface area contributed by atoms with Crippen LogP contribution in [0.1, 0.15) is 23.5 Å². The van der Waals surface area contributed by atoms with Gasteiger partial charge in [-0.3, -0.25) is 0 Å². The van der Waals surface area contributed by atoms with Gasteiger partial charge in [0.2, 0.25) is 0 Å². The third-order valence-electron chi connectivity index (χ3n) is 9.87. The topological polar surface area (TPSA) is 22.4 Å². The van der Waals surface area contributed by atoms with Crippen molar-refractivity contribution in [1.82, 2.24) is 0 Å². The van der Waals surface area contributed by atoms with E-state index in [0.717, 1.165) is 39.9 Å². The first kappa shape index (κ1) is 25.5. The Labute approximate surface area is 266 Å². The van der Waals surface area contributed by atoms with E-state index in [1.807, 2.05) is 12.1 Å². The Bertz CT molecular complexity index is 2580. The maximum atomic E-state index is 6.24. The quantitative estimate of drug-likeness (QED) is 0.192. The minimum atomic E-state index is 0.243. The van der Waals surface area contributed by atoms with E-state index in [1.54, 1.807) is 0 Å². The van der Waals surface area contributed by atoms with Crippen molar-refractivity contribution in [3.63, 3.8) is 0 Å². The molecule has 1 atom stereocenters. The van der Waals surface area contributed by atoms with Gasteiger partial charge in [0.25, 0.3) is 0 Å². The Balaban J connectivity index is 1.23. The summed E-state index contributed by atoms with van der Waals surface area (Å²) in [4.78, 5) is 0. The second-order valence-corrected chi connectivity index (χ2v) is 12.4. The van der Waals surface area contributed by atoms with Gasteiger partial charge in [-0.1, -0.05) is 115 Å². The van der Waals surface area contributed by atoms with Crippen molar-refractivity contribution >= 4 is 49.1 Å². The normalized spacial score (nSPS) is 15.5. The molecule has 46 heavy (non-hydrogen) atoms. The number of benzene rings is 7. The van der Waals surface area contributed by atoms with Gasteiger partial charge in [0.1, 0.15) is 22.7 Å². The van der Waals surface area contributed by atoms with E-state index in [9.17, 15) is 0 Å². The average molecular weight is 589 g/mol. The van der Waals surface area contributed by atoms with E-state index in [4.69, 9.17) is 9.15 Å². The van der Waals surface area contributed by atoms with Crippen molar-refractivity contribution < 1.29 is 9.15 Å². The molecule has 0 spiro atoms. The highest BCUT2D eigenvalue weighted by molar-refractivity contribution is 6.18. The van der Waals surface area contributed by atoms with Crippen molar-refractivity contribution in [3.8, 4) is 28.0 Å². The van der Waals surface area contributed by atoms with Crippen LogP contribution in [0.25, 0.3) is 71.3 Å². The second kappa shape index (κ2) is 9.82. The van der Waals surface area contributed by atoms with Gasteiger partial charge in [-0.25, -0.2) is 0 Å². The molecular weight excluding hydrogens is 560 g/mol. The van der Waals surface area contributed by atoms with Crippen LogP contribution in [0.2, 0.25) is 0 Å². The Kier molecular flexibility index (Phi) is 5.44. The third-order valence-corrected chi connectivity index (χ3v) is 9.87. The number of hydrogen-bond donors (Lipinski definition) is 0. The van der Waals surface area contributed by atoms with Crippen LogP contribution in [0.4, 0.5) is 0 Å². The van der Waals surface area contributed by atoms with Crippen LogP contribution in [0, 0.1) is 0 Å². The van der Waals surface area contributed by atoms with Gasteiger partial charge >= 0.3 is 0 Å². The van der Waals surface area contributed by atoms with Gasteiger partial charge in [0.15, 0.2) is 0 Å². The van der Waals surface area contributed by atoms with E-state index in [-0.39, 0.29) is 5.92 Å². The Hall–Kier alpha value is -5.86. The van der Waals surface area contributed by atoms with Crippen LogP contribution >= 0.6 is 0 Å². The van der Waals surface area contributed by atoms with Crippen LogP contribution in [0.5, 0.6) is 5.75 Å². The Morgan fingerprint density at radius 2 is 1.20 bits per heavy atom. The third kappa shape index (κ3) is 3.77. The van der Waals surface area contributed by atoms with E-state index in [2.05, 4.69) is 140 Å².